The topological polar surface area (TPSA) is 108 Å². The Morgan fingerprint density at radius 3 is 2.32 bits per heavy atom. The Labute approximate surface area is 194 Å². The molecule has 176 valence electrons. The minimum atomic E-state index is -4.11. The molecule has 1 aliphatic heterocycles. The first-order chi connectivity index (χ1) is 16.3. The van der Waals surface area contributed by atoms with Crippen LogP contribution in [0.25, 0.3) is 0 Å². The number of hydrogen-bond acceptors (Lipinski definition) is 5. The third kappa shape index (κ3) is 4.95. The number of carbonyl (C=O) groups excluding carboxylic acids is 2. The smallest absolute Gasteiger partial charge is 0.274 e. The highest BCUT2D eigenvalue weighted by Gasteiger charge is 2.30. The maximum atomic E-state index is 14.4. The van der Waals surface area contributed by atoms with Gasteiger partial charge in [0, 0.05) is 24.8 Å². The van der Waals surface area contributed by atoms with Crippen LogP contribution >= 0.6 is 0 Å². The first kappa shape index (κ1) is 23.5. The van der Waals surface area contributed by atoms with E-state index in [1.165, 1.54) is 22.6 Å². The van der Waals surface area contributed by atoms with Gasteiger partial charge in [-0.25, -0.2) is 17.2 Å². The largest absolute Gasteiger partial charge is 0.320 e. The minimum Gasteiger partial charge on any atom is -0.320 e. The molecule has 0 saturated carbocycles. The molecule has 0 unspecified atom stereocenters. The number of hydrogen-bond donors (Lipinski definition) is 2. The van der Waals surface area contributed by atoms with E-state index in [-0.39, 0.29) is 35.7 Å². The molecule has 0 spiro atoms. The van der Waals surface area contributed by atoms with Gasteiger partial charge < -0.3 is 10.6 Å². The lowest BCUT2D eigenvalue weighted by Crippen LogP contribution is -2.29. The molecule has 0 bridgehead atoms. The zero-order valence-corrected chi connectivity index (χ0v) is 18.6. The second-order valence-electron chi connectivity index (χ2n) is 7.57. The molecule has 2 N–H and O–H groups in total. The number of pyridine rings is 1. The fourth-order valence-electron chi connectivity index (χ4n) is 3.52. The Kier molecular flexibility index (Phi) is 6.66. The molecule has 0 atom stereocenters. The van der Waals surface area contributed by atoms with Crippen molar-refractivity contribution in [3.05, 3.63) is 83.7 Å². The lowest BCUT2D eigenvalue weighted by Gasteiger charge is -2.17. The number of sulfonamides is 1. The number of nitrogens with zero attached hydrogens (tertiary/aromatic N) is 2. The molecular formula is C23H20F2N4O4S. The fourth-order valence-corrected chi connectivity index (χ4v) is 5.12. The van der Waals surface area contributed by atoms with E-state index in [0.717, 1.165) is 30.3 Å². The van der Waals surface area contributed by atoms with Crippen LogP contribution in [-0.4, -0.2) is 42.6 Å². The summed E-state index contributed by atoms with van der Waals surface area (Å²) in [6.45, 7) is 0.557. The van der Waals surface area contributed by atoms with E-state index in [9.17, 15) is 26.8 Å². The maximum absolute atomic E-state index is 14.4. The van der Waals surface area contributed by atoms with Crippen molar-refractivity contribution in [2.24, 2.45) is 0 Å². The third-order valence-electron chi connectivity index (χ3n) is 5.25. The van der Waals surface area contributed by atoms with Crippen molar-refractivity contribution >= 4 is 33.2 Å². The lowest BCUT2D eigenvalue weighted by molar-refractivity contribution is 0.101. The van der Waals surface area contributed by atoms with Gasteiger partial charge in [0.25, 0.3) is 11.8 Å². The van der Waals surface area contributed by atoms with Crippen LogP contribution in [0.1, 0.15) is 33.7 Å². The van der Waals surface area contributed by atoms with Gasteiger partial charge in [0.05, 0.1) is 11.4 Å². The van der Waals surface area contributed by atoms with E-state index >= 15 is 0 Å². The molecule has 0 aliphatic carbocycles. The van der Waals surface area contributed by atoms with Crippen LogP contribution in [-0.2, 0) is 10.0 Å². The quantitative estimate of drug-likeness (QED) is 0.553. The van der Waals surface area contributed by atoms with Crippen molar-refractivity contribution < 1.29 is 26.8 Å². The number of benzene rings is 2. The van der Waals surface area contributed by atoms with Gasteiger partial charge in [-0.2, -0.15) is 4.31 Å². The van der Waals surface area contributed by atoms with Crippen molar-refractivity contribution in [1.29, 1.82) is 0 Å². The van der Waals surface area contributed by atoms with E-state index in [1.54, 1.807) is 12.1 Å². The minimum absolute atomic E-state index is 0.0671. The van der Waals surface area contributed by atoms with Gasteiger partial charge in [0.2, 0.25) is 10.0 Å². The van der Waals surface area contributed by atoms with Crippen LogP contribution in [0.3, 0.4) is 0 Å². The Morgan fingerprint density at radius 2 is 1.62 bits per heavy atom. The number of anilines is 2. The number of carbonyl (C=O) groups is 2. The third-order valence-corrected chi connectivity index (χ3v) is 7.17. The van der Waals surface area contributed by atoms with Gasteiger partial charge >= 0.3 is 0 Å². The number of halogens is 2. The molecule has 2 aromatic carbocycles. The van der Waals surface area contributed by atoms with Crippen molar-refractivity contribution in [2.45, 2.75) is 17.7 Å². The molecule has 2 amide bonds. The number of rotatable bonds is 6. The summed E-state index contributed by atoms with van der Waals surface area (Å²) in [5, 5.41) is 4.99. The summed E-state index contributed by atoms with van der Waals surface area (Å²) >= 11 is 0. The molecule has 8 nitrogen and oxygen atoms in total. The highest BCUT2D eigenvalue weighted by molar-refractivity contribution is 7.89. The Bertz CT molecular complexity index is 1340. The number of amides is 2. The number of nitrogens with one attached hydrogen (secondary N) is 2. The van der Waals surface area contributed by atoms with Crippen LogP contribution in [0.4, 0.5) is 20.2 Å². The van der Waals surface area contributed by atoms with Crippen molar-refractivity contribution in [3.8, 4) is 0 Å². The second kappa shape index (κ2) is 9.65. The summed E-state index contributed by atoms with van der Waals surface area (Å²) in [5.41, 5.74) is -0.00943. The van der Waals surface area contributed by atoms with Gasteiger partial charge in [0.1, 0.15) is 22.2 Å². The molecule has 1 saturated heterocycles. The Hall–Kier alpha value is -3.70. The second-order valence-corrected chi connectivity index (χ2v) is 9.48. The fraction of sp³-hybridized carbons (Fsp3) is 0.174. The van der Waals surface area contributed by atoms with Crippen LogP contribution in [0.15, 0.2) is 65.7 Å². The summed E-state index contributed by atoms with van der Waals surface area (Å²) in [5.74, 6) is -3.04. The molecular weight excluding hydrogens is 466 g/mol. The van der Waals surface area contributed by atoms with Crippen molar-refractivity contribution in [3.63, 3.8) is 0 Å². The normalized spacial score (nSPS) is 14.1. The Morgan fingerprint density at radius 1 is 0.882 bits per heavy atom. The van der Waals surface area contributed by atoms with Gasteiger partial charge in [-0.15, -0.1) is 0 Å². The van der Waals surface area contributed by atoms with Crippen LogP contribution in [0.5, 0.6) is 0 Å². The maximum Gasteiger partial charge on any atom is 0.274 e. The first-order valence-corrected chi connectivity index (χ1v) is 11.8. The zero-order chi connectivity index (χ0) is 24.3. The molecule has 1 aromatic heterocycles. The van der Waals surface area contributed by atoms with E-state index in [4.69, 9.17) is 0 Å². The van der Waals surface area contributed by atoms with Gasteiger partial charge in [0.15, 0.2) is 0 Å². The van der Waals surface area contributed by atoms with Crippen molar-refractivity contribution in [2.75, 3.05) is 23.7 Å². The molecule has 4 rings (SSSR count). The van der Waals surface area contributed by atoms with Gasteiger partial charge in [-0.05, 0) is 61.4 Å². The number of aromatic nitrogens is 1. The summed E-state index contributed by atoms with van der Waals surface area (Å²) in [7, 11) is -4.11. The highest BCUT2D eigenvalue weighted by Crippen LogP contribution is 2.27. The monoisotopic (exact) mass is 486 g/mol. The standard InChI is InChI=1S/C23H20F2N4O4S/c24-16-7-9-18(27-23(31)19-5-1-2-10-26-19)20(14-16)28-22(30)15-6-8-17(25)21(13-15)34(32,33)29-11-3-4-12-29/h1-2,5-10,13-14H,3-4,11-12H2,(H,27,31)(H,28,30). The van der Waals surface area contributed by atoms with Crippen LogP contribution < -0.4 is 10.6 Å². The Balaban J connectivity index is 1.60. The summed E-state index contributed by atoms with van der Waals surface area (Å²) < 4.78 is 55.0. The summed E-state index contributed by atoms with van der Waals surface area (Å²) in [6.07, 6.45) is 2.78. The molecule has 2 heterocycles. The average molecular weight is 487 g/mol. The van der Waals surface area contributed by atoms with E-state index in [1.807, 2.05) is 0 Å². The molecule has 1 aliphatic rings. The molecule has 0 radical (unpaired) electrons. The van der Waals surface area contributed by atoms with Gasteiger partial charge in [-0.1, -0.05) is 6.07 Å². The molecule has 11 heteroatoms. The highest BCUT2D eigenvalue weighted by atomic mass is 32.2. The summed E-state index contributed by atoms with van der Waals surface area (Å²) in [4.78, 5) is 28.6. The first-order valence-electron chi connectivity index (χ1n) is 10.4. The summed E-state index contributed by atoms with van der Waals surface area (Å²) in [6, 6.07) is 11.1. The average Bonchev–Trinajstić information content (AvgIpc) is 3.37. The SMILES string of the molecule is O=C(Nc1cc(F)ccc1NC(=O)c1ccccn1)c1ccc(F)c(S(=O)(=O)N2CCCC2)c1. The van der Waals surface area contributed by atoms with Crippen LogP contribution in [0, 0.1) is 11.6 Å². The van der Waals surface area contributed by atoms with E-state index < -0.39 is 38.4 Å². The predicted molar refractivity (Wildman–Crippen MR) is 121 cm³/mol. The molecule has 1 fully saturated rings. The van der Waals surface area contributed by atoms with E-state index in [0.29, 0.717) is 12.8 Å². The van der Waals surface area contributed by atoms with Gasteiger partial charge in [-0.3, -0.25) is 14.6 Å². The molecule has 34 heavy (non-hydrogen) atoms. The van der Waals surface area contributed by atoms with E-state index in [2.05, 4.69) is 15.6 Å². The predicted octanol–water partition coefficient (Wildman–Crippen LogP) is 3.65. The van der Waals surface area contributed by atoms with Crippen LogP contribution in [0.2, 0.25) is 0 Å². The van der Waals surface area contributed by atoms with Crippen molar-refractivity contribution in [1.82, 2.24) is 9.29 Å². The lowest BCUT2D eigenvalue weighted by atomic mass is 10.2. The zero-order valence-electron chi connectivity index (χ0n) is 17.8. The molecule has 3 aromatic rings.